The third-order valence-corrected chi connectivity index (χ3v) is 4.52. The molecule has 0 unspecified atom stereocenters. The van der Waals surface area contributed by atoms with Crippen molar-refractivity contribution in [2.45, 2.75) is 18.9 Å². The van der Waals surface area contributed by atoms with E-state index in [0.717, 1.165) is 11.1 Å². The van der Waals surface area contributed by atoms with Crippen molar-refractivity contribution in [1.82, 2.24) is 9.55 Å². The molecule has 0 bridgehead atoms. The number of ether oxygens (including phenoxy) is 3. The lowest BCUT2D eigenvalue weighted by Gasteiger charge is -2.33. The standard InChI is InChI=1S/C22H25N3O4/c1-27-22(25-13-12-20(23)24-21(25)26,16-28-14-18-8-4-2-5-9-18)17-29-15-19-10-6-3-7-11-19/h2-13H,14-17H2,1H3,(H2,23,24,26). The van der Waals surface area contributed by atoms with Crippen LogP contribution in [0.15, 0.2) is 77.7 Å². The highest BCUT2D eigenvalue weighted by Crippen LogP contribution is 2.19. The molecule has 7 heteroatoms. The van der Waals surface area contributed by atoms with Crippen LogP contribution in [0.2, 0.25) is 0 Å². The minimum Gasteiger partial charge on any atom is -0.383 e. The van der Waals surface area contributed by atoms with Gasteiger partial charge >= 0.3 is 5.69 Å². The molecule has 0 aliphatic carbocycles. The average Bonchev–Trinajstić information content (AvgIpc) is 2.74. The van der Waals surface area contributed by atoms with E-state index >= 15 is 0 Å². The number of benzene rings is 2. The maximum absolute atomic E-state index is 12.5. The first kappa shape index (κ1) is 20.7. The quantitative estimate of drug-likeness (QED) is 0.568. The normalized spacial score (nSPS) is 11.5. The van der Waals surface area contributed by atoms with Crippen molar-refractivity contribution in [3.8, 4) is 0 Å². The predicted octanol–water partition coefficient (Wildman–Crippen LogP) is 2.56. The third-order valence-electron chi connectivity index (χ3n) is 4.52. The first-order valence-electron chi connectivity index (χ1n) is 9.27. The van der Waals surface area contributed by atoms with E-state index in [-0.39, 0.29) is 19.0 Å². The zero-order valence-electron chi connectivity index (χ0n) is 16.4. The highest BCUT2D eigenvalue weighted by molar-refractivity contribution is 5.24. The second-order valence-electron chi connectivity index (χ2n) is 6.61. The van der Waals surface area contributed by atoms with E-state index in [1.54, 1.807) is 12.3 Å². The lowest BCUT2D eigenvalue weighted by atomic mass is 10.2. The van der Waals surface area contributed by atoms with Gasteiger partial charge in [-0.25, -0.2) is 4.79 Å². The van der Waals surface area contributed by atoms with Gasteiger partial charge in [-0.05, 0) is 17.2 Å². The minimum atomic E-state index is -1.18. The third kappa shape index (κ3) is 5.51. The Kier molecular flexibility index (Phi) is 7.13. The monoisotopic (exact) mass is 395 g/mol. The maximum atomic E-state index is 12.5. The molecular formula is C22H25N3O4. The zero-order chi connectivity index (χ0) is 20.5. The largest absolute Gasteiger partial charge is 0.383 e. The molecule has 2 aromatic carbocycles. The Bertz CT molecular complexity index is 900. The van der Waals surface area contributed by atoms with Crippen LogP contribution in [0.3, 0.4) is 0 Å². The second-order valence-corrected chi connectivity index (χ2v) is 6.61. The van der Waals surface area contributed by atoms with Gasteiger partial charge in [0, 0.05) is 13.3 Å². The summed E-state index contributed by atoms with van der Waals surface area (Å²) in [4.78, 5) is 16.3. The molecule has 2 N–H and O–H groups in total. The molecule has 0 saturated heterocycles. The molecule has 3 aromatic rings. The van der Waals surface area contributed by atoms with E-state index in [1.165, 1.54) is 11.7 Å². The molecule has 0 amide bonds. The van der Waals surface area contributed by atoms with Crippen LogP contribution in [0.1, 0.15) is 11.1 Å². The topological polar surface area (TPSA) is 88.6 Å². The van der Waals surface area contributed by atoms with Crippen LogP contribution in [-0.4, -0.2) is 29.9 Å². The maximum Gasteiger partial charge on any atom is 0.351 e. The van der Waals surface area contributed by atoms with Crippen molar-refractivity contribution in [3.63, 3.8) is 0 Å². The molecule has 29 heavy (non-hydrogen) atoms. The lowest BCUT2D eigenvalue weighted by Crippen LogP contribution is -2.50. The SMILES string of the molecule is COC(COCc1ccccc1)(COCc1ccccc1)n1ccc(N)nc1=O. The van der Waals surface area contributed by atoms with Gasteiger partial charge in [-0.2, -0.15) is 4.98 Å². The van der Waals surface area contributed by atoms with E-state index in [2.05, 4.69) is 4.98 Å². The highest BCUT2D eigenvalue weighted by Gasteiger charge is 2.34. The van der Waals surface area contributed by atoms with Crippen LogP contribution in [0, 0.1) is 0 Å². The van der Waals surface area contributed by atoms with Crippen LogP contribution in [0.25, 0.3) is 0 Å². The number of nitrogens with zero attached hydrogens (tertiary/aromatic N) is 2. The fourth-order valence-electron chi connectivity index (χ4n) is 2.93. The molecular weight excluding hydrogens is 370 g/mol. The van der Waals surface area contributed by atoms with Gasteiger partial charge in [0.1, 0.15) is 5.82 Å². The van der Waals surface area contributed by atoms with Gasteiger partial charge in [-0.3, -0.25) is 4.57 Å². The summed E-state index contributed by atoms with van der Waals surface area (Å²) in [6, 6.07) is 21.1. The van der Waals surface area contributed by atoms with Crippen molar-refractivity contribution < 1.29 is 14.2 Å². The van der Waals surface area contributed by atoms with E-state index < -0.39 is 11.4 Å². The average molecular weight is 395 g/mol. The molecule has 0 aliphatic heterocycles. The number of nitrogen functional groups attached to an aromatic ring is 1. The van der Waals surface area contributed by atoms with Gasteiger partial charge in [-0.1, -0.05) is 60.7 Å². The molecule has 3 rings (SSSR count). The summed E-state index contributed by atoms with van der Waals surface area (Å²) in [5.74, 6) is 0.145. The summed E-state index contributed by atoms with van der Waals surface area (Å²) in [7, 11) is 1.51. The summed E-state index contributed by atoms with van der Waals surface area (Å²) in [6.45, 7) is 0.945. The predicted molar refractivity (Wildman–Crippen MR) is 110 cm³/mol. The molecule has 7 nitrogen and oxygen atoms in total. The first-order valence-corrected chi connectivity index (χ1v) is 9.27. The Morgan fingerprint density at radius 1 is 0.897 bits per heavy atom. The number of rotatable bonds is 10. The second kappa shape index (κ2) is 9.97. The number of methoxy groups -OCH3 is 1. The lowest BCUT2D eigenvalue weighted by molar-refractivity contribution is -0.176. The first-order chi connectivity index (χ1) is 14.1. The number of anilines is 1. The molecule has 0 atom stereocenters. The van der Waals surface area contributed by atoms with Gasteiger partial charge in [0.05, 0.1) is 26.4 Å². The van der Waals surface area contributed by atoms with E-state index in [9.17, 15) is 4.79 Å². The van der Waals surface area contributed by atoms with Crippen molar-refractivity contribution >= 4 is 5.82 Å². The van der Waals surface area contributed by atoms with Crippen LogP contribution in [-0.2, 0) is 33.1 Å². The number of hydrogen-bond donors (Lipinski definition) is 1. The van der Waals surface area contributed by atoms with E-state index in [1.807, 2.05) is 60.7 Å². The van der Waals surface area contributed by atoms with Crippen LogP contribution in [0.5, 0.6) is 0 Å². The Morgan fingerprint density at radius 2 is 1.41 bits per heavy atom. The minimum absolute atomic E-state index is 0.0959. The molecule has 0 fully saturated rings. The van der Waals surface area contributed by atoms with Gasteiger partial charge < -0.3 is 19.9 Å². The Morgan fingerprint density at radius 3 is 1.86 bits per heavy atom. The summed E-state index contributed by atoms with van der Waals surface area (Å²) in [6.07, 6.45) is 1.55. The molecule has 152 valence electrons. The summed E-state index contributed by atoms with van der Waals surface area (Å²) < 4.78 is 18.9. The number of hydrogen-bond acceptors (Lipinski definition) is 6. The molecule has 1 aromatic heterocycles. The fraction of sp³-hybridized carbons (Fsp3) is 0.273. The summed E-state index contributed by atoms with van der Waals surface area (Å²) in [5.41, 5.74) is 5.97. The van der Waals surface area contributed by atoms with Gasteiger partial charge in [-0.15, -0.1) is 0 Å². The van der Waals surface area contributed by atoms with Crippen LogP contribution in [0.4, 0.5) is 5.82 Å². The molecule has 0 spiro atoms. The Hall–Kier alpha value is -3.00. The smallest absolute Gasteiger partial charge is 0.351 e. The van der Waals surface area contributed by atoms with E-state index in [0.29, 0.717) is 13.2 Å². The van der Waals surface area contributed by atoms with Crippen molar-refractivity contribution in [3.05, 3.63) is 94.5 Å². The van der Waals surface area contributed by atoms with Gasteiger partial charge in [0.25, 0.3) is 0 Å². The van der Waals surface area contributed by atoms with Crippen LogP contribution < -0.4 is 11.4 Å². The highest BCUT2D eigenvalue weighted by atomic mass is 16.6. The van der Waals surface area contributed by atoms with Gasteiger partial charge in [0.2, 0.25) is 0 Å². The Labute approximate surface area is 169 Å². The molecule has 1 heterocycles. The Balaban J connectivity index is 1.77. The van der Waals surface area contributed by atoms with E-state index in [4.69, 9.17) is 19.9 Å². The molecule has 0 aliphatic rings. The molecule has 0 saturated carbocycles. The van der Waals surface area contributed by atoms with Crippen molar-refractivity contribution in [2.24, 2.45) is 0 Å². The zero-order valence-corrected chi connectivity index (χ0v) is 16.4. The summed E-state index contributed by atoms with van der Waals surface area (Å²) >= 11 is 0. The van der Waals surface area contributed by atoms with Crippen molar-refractivity contribution in [2.75, 3.05) is 26.1 Å². The fourth-order valence-corrected chi connectivity index (χ4v) is 2.93. The number of nitrogens with two attached hydrogens (primary N) is 1. The summed E-state index contributed by atoms with van der Waals surface area (Å²) in [5, 5.41) is 0. The molecule has 0 radical (unpaired) electrons. The van der Waals surface area contributed by atoms with Gasteiger partial charge in [0.15, 0.2) is 5.72 Å². The number of aromatic nitrogens is 2. The van der Waals surface area contributed by atoms with Crippen LogP contribution >= 0.6 is 0 Å². The van der Waals surface area contributed by atoms with Crippen molar-refractivity contribution in [1.29, 1.82) is 0 Å².